The summed E-state index contributed by atoms with van der Waals surface area (Å²) in [4.78, 5) is 18.3. The smallest absolute Gasteiger partial charge is 0.267 e. The summed E-state index contributed by atoms with van der Waals surface area (Å²) in [6.07, 6.45) is 7.72. The summed E-state index contributed by atoms with van der Waals surface area (Å²) >= 11 is 6.01. The summed E-state index contributed by atoms with van der Waals surface area (Å²) in [5.41, 5.74) is 1.52. The monoisotopic (exact) mass is 359 g/mol. The van der Waals surface area contributed by atoms with Crippen molar-refractivity contribution in [3.8, 4) is 0 Å². The molecule has 1 aliphatic heterocycles. The lowest BCUT2D eigenvalue weighted by Crippen LogP contribution is -2.45. The van der Waals surface area contributed by atoms with Crippen molar-refractivity contribution in [3.05, 3.63) is 35.0 Å². The van der Waals surface area contributed by atoms with Gasteiger partial charge in [0, 0.05) is 41.6 Å². The van der Waals surface area contributed by atoms with Crippen LogP contribution in [0.4, 0.5) is 0 Å². The highest BCUT2D eigenvalue weighted by Gasteiger charge is 2.24. The Morgan fingerprint density at radius 1 is 1.16 bits per heavy atom. The zero-order chi connectivity index (χ0) is 17.2. The fraction of sp³-hybridized carbons (Fsp3) is 0.550. The minimum Gasteiger partial charge on any atom is -0.350 e. The molecule has 1 aromatic heterocycles. The van der Waals surface area contributed by atoms with Crippen LogP contribution in [0.5, 0.6) is 0 Å². The van der Waals surface area contributed by atoms with E-state index in [0.717, 1.165) is 42.8 Å². The van der Waals surface area contributed by atoms with Gasteiger partial charge in [-0.25, -0.2) is 0 Å². The van der Waals surface area contributed by atoms with E-state index in [0.29, 0.717) is 10.7 Å². The fourth-order valence-electron chi connectivity index (χ4n) is 4.30. The number of nitrogens with one attached hydrogen (secondary N) is 2. The van der Waals surface area contributed by atoms with E-state index in [4.69, 9.17) is 11.6 Å². The van der Waals surface area contributed by atoms with Crippen LogP contribution in [0.2, 0.25) is 5.02 Å². The number of carbonyl (C=O) groups excluding carboxylic acids is 1. The fourth-order valence-corrected chi connectivity index (χ4v) is 4.47. The van der Waals surface area contributed by atoms with Gasteiger partial charge >= 0.3 is 0 Å². The Morgan fingerprint density at radius 3 is 2.68 bits per heavy atom. The number of benzene rings is 1. The second-order valence-electron chi connectivity index (χ2n) is 7.61. The van der Waals surface area contributed by atoms with Crippen LogP contribution in [0.3, 0.4) is 0 Å². The second-order valence-corrected chi connectivity index (χ2v) is 8.05. The SMILES string of the molecule is O=C(NC1CCN(CC2CCCC2)CC1)c1cc2ccc(Cl)cc2[nH]1. The Labute approximate surface area is 153 Å². The van der Waals surface area contributed by atoms with Crippen LogP contribution in [0, 0.1) is 5.92 Å². The molecule has 4 nitrogen and oxygen atoms in total. The van der Waals surface area contributed by atoms with Gasteiger partial charge in [-0.15, -0.1) is 0 Å². The first-order chi connectivity index (χ1) is 12.2. The number of hydrogen-bond donors (Lipinski definition) is 2. The van der Waals surface area contributed by atoms with E-state index in [2.05, 4.69) is 15.2 Å². The number of carbonyl (C=O) groups is 1. The highest BCUT2D eigenvalue weighted by molar-refractivity contribution is 6.31. The number of aromatic amines is 1. The molecule has 1 aromatic carbocycles. The van der Waals surface area contributed by atoms with Gasteiger partial charge in [-0.2, -0.15) is 0 Å². The lowest BCUT2D eigenvalue weighted by Gasteiger charge is -2.33. The number of piperidine rings is 1. The lowest BCUT2D eigenvalue weighted by atomic mass is 10.0. The van der Waals surface area contributed by atoms with Crippen LogP contribution < -0.4 is 5.32 Å². The van der Waals surface area contributed by atoms with Crippen molar-refractivity contribution < 1.29 is 4.79 Å². The summed E-state index contributed by atoms with van der Waals surface area (Å²) in [6.45, 7) is 3.46. The Kier molecular flexibility index (Phi) is 5.00. The highest BCUT2D eigenvalue weighted by Crippen LogP contribution is 2.26. The quantitative estimate of drug-likeness (QED) is 0.859. The predicted molar refractivity (Wildman–Crippen MR) is 102 cm³/mol. The lowest BCUT2D eigenvalue weighted by molar-refractivity contribution is 0.0901. The van der Waals surface area contributed by atoms with Gasteiger partial charge in [0.25, 0.3) is 5.91 Å². The first-order valence-corrected chi connectivity index (χ1v) is 9.87. The van der Waals surface area contributed by atoms with Gasteiger partial charge in [-0.1, -0.05) is 30.5 Å². The van der Waals surface area contributed by atoms with E-state index in [-0.39, 0.29) is 11.9 Å². The summed E-state index contributed by atoms with van der Waals surface area (Å²) < 4.78 is 0. The number of fused-ring (bicyclic) bond motifs is 1. The molecule has 0 unspecified atom stereocenters. The van der Waals surface area contributed by atoms with Gasteiger partial charge in [-0.3, -0.25) is 4.79 Å². The average Bonchev–Trinajstić information content (AvgIpc) is 3.25. The Balaban J connectivity index is 1.30. The van der Waals surface area contributed by atoms with Crippen LogP contribution in [0.1, 0.15) is 49.0 Å². The van der Waals surface area contributed by atoms with Gasteiger partial charge < -0.3 is 15.2 Å². The Hall–Kier alpha value is -1.52. The molecule has 2 fully saturated rings. The van der Waals surface area contributed by atoms with Gasteiger partial charge in [0.2, 0.25) is 0 Å². The Bertz CT molecular complexity index is 742. The first kappa shape index (κ1) is 16.9. The molecule has 25 heavy (non-hydrogen) atoms. The topological polar surface area (TPSA) is 48.1 Å². The van der Waals surface area contributed by atoms with Crippen molar-refractivity contribution in [1.29, 1.82) is 0 Å². The molecule has 1 saturated heterocycles. The number of hydrogen-bond acceptors (Lipinski definition) is 2. The highest BCUT2D eigenvalue weighted by atomic mass is 35.5. The molecule has 0 atom stereocenters. The van der Waals surface area contributed by atoms with E-state index in [9.17, 15) is 4.79 Å². The van der Waals surface area contributed by atoms with E-state index >= 15 is 0 Å². The first-order valence-electron chi connectivity index (χ1n) is 9.49. The normalized spacial score (nSPS) is 20.4. The average molecular weight is 360 g/mol. The summed E-state index contributed by atoms with van der Waals surface area (Å²) in [6, 6.07) is 7.82. The van der Waals surface area contributed by atoms with Crippen LogP contribution in [0.15, 0.2) is 24.3 Å². The molecule has 5 heteroatoms. The number of amides is 1. The molecule has 2 aliphatic rings. The van der Waals surface area contributed by atoms with Crippen LogP contribution in [0.25, 0.3) is 10.9 Å². The van der Waals surface area contributed by atoms with E-state index in [1.54, 1.807) is 0 Å². The van der Waals surface area contributed by atoms with Gasteiger partial charge in [0.05, 0.1) is 0 Å². The van der Waals surface area contributed by atoms with Crippen molar-refractivity contribution in [2.75, 3.05) is 19.6 Å². The minimum atomic E-state index is -0.0124. The van der Waals surface area contributed by atoms with Crippen molar-refractivity contribution >= 4 is 28.4 Å². The van der Waals surface area contributed by atoms with E-state index < -0.39 is 0 Å². The maximum atomic E-state index is 12.5. The summed E-state index contributed by atoms with van der Waals surface area (Å²) in [7, 11) is 0. The third-order valence-corrected chi connectivity index (χ3v) is 5.98. The maximum absolute atomic E-state index is 12.5. The molecule has 2 N–H and O–H groups in total. The third kappa shape index (κ3) is 4.01. The number of likely N-dealkylation sites (tertiary alicyclic amines) is 1. The molecule has 4 rings (SSSR count). The molecule has 1 aliphatic carbocycles. The number of rotatable bonds is 4. The zero-order valence-corrected chi connectivity index (χ0v) is 15.3. The summed E-state index contributed by atoms with van der Waals surface area (Å²) in [5.74, 6) is 0.894. The third-order valence-electron chi connectivity index (χ3n) is 5.74. The van der Waals surface area contributed by atoms with Crippen molar-refractivity contribution in [2.45, 2.75) is 44.6 Å². The van der Waals surface area contributed by atoms with Gasteiger partial charge in [-0.05, 0) is 49.8 Å². The van der Waals surface area contributed by atoms with Gasteiger partial charge in [0.15, 0.2) is 0 Å². The van der Waals surface area contributed by atoms with Crippen LogP contribution in [-0.2, 0) is 0 Å². The molecular formula is C20H26ClN3O. The van der Waals surface area contributed by atoms with Gasteiger partial charge in [0.1, 0.15) is 5.69 Å². The van der Waals surface area contributed by atoms with E-state index in [1.165, 1.54) is 32.2 Å². The molecule has 1 saturated carbocycles. The summed E-state index contributed by atoms with van der Waals surface area (Å²) in [5, 5.41) is 4.89. The van der Waals surface area contributed by atoms with Crippen LogP contribution >= 0.6 is 11.6 Å². The molecule has 134 valence electrons. The molecule has 2 aromatic rings. The number of halogens is 1. The predicted octanol–water partition coefficient (Wildman–Crippen LogP) is 4.21. The number of aromatic nitrogens is 1. The zero-order valence-electron chi connectivity index (χ0n) is 14.6. The standard InChI is InChI=1S/C20H26ClN3O/c21-16-6-5-15-11-19(23-18(15)12-16)20(25)22-17-7-9-24(10-8-17)13-14-3-1-2-4-14/h5-6,11-12,14,17,23H,1-4,7-10,13H2,(H,22,25). The molecule has 0 bridgehead atoms. The number of nitrogens with zero attached hydrogens (tertiary/aromatic N) is 1. The second kappa shape index (κ2) is 7.38. The van der Waals surface area contributed by atoms with Crippen LogP contribution in [-0.4, -0.2) is 41.5 Å². The van der Waals surface area contributed by atoms with Crippen molar-refractivity contribution in [2.24, 2.45) is 5.92 Å². The maximum Gasteiger partial charge on any atom is 0.267 e. The number of H-pyrrole nitrogens is 1. The molecule has 2 heterocycles. The van der Waals surface area contributed by atoms with Crippen molar-refractivity contribution in [3.63, 3.8) is 0 Å². The molecule has 0 spiro atoms. The largest absolute Gasteiger partial charge is 0.350 e. The van der Waals surface area contributed by atoms with Crippen molar-refractivity contribution in [1.82, 2.24) is 15.2 Å². The molecule has 0 radical (unpaired) electrons. The minimum absolute atomic E-state index is 0.0124. The Morgan fingerprint density at radius 2 is 1.92 bits per heavy atom. The van der Waals surface area contributed by atoms with E-state index in [1.807, 2.05) is 24.3 Å². The molecular weight excluding hydrogens is 334 g/mol. The molecule has 1 amide bonds.